The lowest BCUT2D eigenvalue weighted by Crippen LogP contribution is -2.49. The van der Waals surface area contributed by atoms with Crippen molar-refractivity contribution in [3.05, 3.63) is 53.2 Å². The van der Waals surface area contributed by atoms with E-state index >= 15 is 0 Å². The van der Waals surface area contributed by atoms with Crippen molar-refractivity contribution in [2.45, 2.75) is 6.42 Å². The Bertz CT molecular complexity index is 982. The van der Waals surface area contributed by atoms with E-state index in [2.05, 4.69) is 20.2 Å². The number of rotatable bonds is 5. The Kier molecular flexibility index (Phi) is 5.92. The van der Waals surface area contributed by atoms with Gasteiger partial charge >= 0.3 is 0 Å². The van der Waals surface area contributed by atoms with Crippen molar-refractivity contribution in [2.75, 3.05) is 37.6 Å². The third-order valence-electron chi connectivity index (χ3n) is 4.79. The summed E-state index contributed by atoms with van der Waals surface area (Å²) in [6.45, 7) is 3.08. The number of hydrogen-bond acceptors (Lipinski definition) is 6. The molecule has 1 N–H and O–H groups in total. The van der Waals surface area contributed by atoms with Crippen LogP contribution in [-0.2, 0) is 4.79 Å². The molecule has 1 aliphatic rings. The fraction of sp³-hybridized carbons (Fsp3) is 0.300. The number of hydrogen-bond donors (Lipinski definition) is 1. The Hall–Kier alpha value is -2.71. The maximum atomic E-state index is 12.5. The molecule has 3 heterocycles. The van der Waals surface area contributed by atoms with Gasteiger partial charge < -0.3 is 15.1 Å². The lowest BCUT2D eigenvalue weighted by molar-refractivity contribution is -0.131. The van der Waals surface area contributed by atoms with Crippen LogP contribution in [0, 0.1) is 0 Å². The van der Waals surface area contributed by atoms with Crippen LogP contribution in [0.5, 0.6) is 0 Å². The van der Waals surface area contributed by atoms with Crippen molar-refractivity contribution in [3.8, 4) is 0 Å². The summed E-state index contributed by atoms with van der Waals surface area (Å²) in [5.74, 6) is -0.157. The van der Waals surface area contributed by atoms with Gasteiger partial charge in [0.05, 0.1) is 0 Å². The molecule has 0 spiro atoms. The van der Waals surface area contributed by atoms with Crippen LogP contribution in [0.25, 0.3) is 10.3 Å². The highest BCUT2D eigenvalue weighted by atomic mass is 35.5. The number of benzene rings is 1. The maximum absolute atomic E-state index is 12.5. The van der Waals surface area contributed by atoms with Gasteiger partial charge in [-0.1, -0.05) is 22.9 Å². The van der Waals surface area contributed by atoms with Gasteiger partial charge in [0.2, 0.25) is 5.91 Å². The molecular formula is C20H20ClN5O2S. The average Bonchev–Trinajstić information content (AvgIpc) is 3.18. The molecule has 150 valence electrons. The molecule has 1 fully saturated rings. The maximum Gasteiger partial charge on any atom is 0.251 e. The van der Waals surface area contributed by atoms with Gasteiger partial charge in [-0.3, -0.25) is 9.59 Å². The van der Waals surface area contributed by atoms with E-state index in [0.29, 0.717) is 30.2 Å². The number of piperazine rings is 1. The van der Waals surface area contributed by atoms with Crippen LogP contribution in [0.1, 0.15) is 16.8 Å². The fourth-order valence-corrected chi connectivity index (χ4v) is 4.27. The molecule has 29 heavy (non-hydrogen) atoms. The zero-order valence-electron chi connectivity index (χ0n) is 15.7. The molecule has 3 aromatic rings. The number of amides is 2. The first kappa shape index (κ1) is 19.6. The number of nitrogens with zero attached hydrogens (tertiary/aromatic N) is 4. The molecular weight excluding hydrogens is 410 g/mol. The summed E-state index contributed by atoms with van der Waals surface area (Å²) in [7, 11) is 0. The summed E-state index contributed by atoms with van der Waals surface area (Å²) >= 11 is 7.40. The fourth-order valence-electron chi connectivity index (χ4n) is 3.19. The minimum absolute atomic E-state index is 0.0482. The zero-order chi connectivity index (χ0) is 20.2. The number of anilines is 1. The van der Waals surface area contributed by atoms with Gasteiger partial charge in [0.15, 0.2) is 5.13 Å². The van der Waals surface area contributed by atoms with Gasteiger partial charge in [0, 0.05) is 55.9 Å². The van der Waals surface area contributed by atoms with Crippen LogP contribution in [0.4, 0.5) is 5.13 Å². The highest BCUT2D eigenvalue weighted by molar-refractivity contribution is 7.21. The number of carbonyl (C=O) groups excluding carboxylic acids is 2. The monoisotopic (exact) mass is 429 g/mol. The molecule has 2 aromatic heterocycles. The molecule has 0 aliphatic carbocycles. The van der Waals surface area contributed by atoms with Gasteiger partial charge in [0.25, 0.3) is 5.91 Å². The number of carbonyl (C=O) groups is 2. The molecule has 0 atom stereocenters. The van der Waals surface area contributed by atoms with Gasteiger partial charge in [-0.2, -0.15) is 0 Å². The van der Waals surface area contributed by atoms with Gasteiger partial charge in [0.1, 0.15) is 10.3 Å². The summed E-state index contributed by atoms with van der Waals surface area (Å²) in [6, 6.07) is 10.5. The van der Waals surface area contributed by atoms with E-state index in [4.69, 9.17) is 11.6 Å². The van der Waals surface area contributed by atoms with Crippen LogP contribution in [0.3, 0.4) is 0 Å². The Morgan fingerprint density at radius 3 is 2.59 bits per heavy atom. The van der Waals surface area contributed by atoms with Gasteiger partial charge in [-0.05, 0) is 36.4 Å². The van der Waals surface area contributed by atoms with E-state index in [9.17, 15) is 9.59 Å². The lowest BCUT2D eigenvalue weighted by Gasteiger charge is -2.34. The molecule has 2 amide bonds. The third kappa shape index (κ3) is 4.65. The van der Waals surface area contributed by atoms with E-state index in [1.54, 1.807) is 41.8 Å². The van der Waals surface area contributed by atoms with E-state index in [1.165, 1.54) is 0 Å². The predicted molar refractivity (Wildman–Crippen MR) is 115 cm³/mol. The van der Waals surface area contributed by atoms with E-state index in [1.807, 2.05) is 17.0 Å². The molecule has 0 unspecified atom stereocenters. The third-order valence-corrected chi connectivity index (χ3v) is 6.08. The quantitative estimate of drug-likeness (QED) is 0.674. The summed E-state index contributed by atoms with van der Waals surface area (Å²) in [5, 5.41) is 4.31. The number of pyridine rings is 1. The molecule has 7 nitrogen and oxygen atoms in total. The highest BCUT2D eigenvalue weighted by Crippen LogP contribution is 2.27. The Morgan fingerprint density at radius 1 is 1.10 bits per heavy atom. The number of aromatic nitrogens is 2. The van der Waals surface area contributed by atoms with Crippen molar-refractivity contribution in [1.82, 2.24) is 20.2 Å². The molecule has 1 saturated heterocycles. The topological polar surface area (TPSA) is 78.4 Å². The van der Waals surface area contributed by atoms with E-state index in [-0.39, 0.29) is 18.2 Å². The Labute approximate surface area is 177 Å². The molecule has 9 heteroatoms. The zero-order valence-corrected chi connectivity index (χ0v) is 17.2. The minimum Gasteiger partial charge on any atom is -0.352 e. The van der Waals surface area contributed by atoms with Gasteiger partial charge in [-0.25, -0.2) is 9.97 Å². The summed E-state index contributed by atoms with van der Waals surface area (Å²) in [4.78, 5) is 38.5. The Morgan fingerprint density at radius 2 is 1.86 bits per heavy atom. The summed E-state index contributed by atoms with van der Waals surface area (Å²) < 4.78 is 0. The largest absolute Gasteiger partial charge is 0.352 e. The SMILES string of the molecule is O=C(NCCC(=O)N1CCN(c2nc3cccnc3s2)CC1)c1ccc(Cl)cc1. The van der Waals surface area contributed by atoms with Crippen molar-refractivity contribution in [1.29, 1.82) is 0 Å². The normalized spacial score (nSPS) is 14.2. The summed E-state index contributed by atoms with van der Waals surface area (Å²) in [6.07, 6.45) is 2.05. The van der Waals surface area contributed by atoms with Crippen molar-refractivity contribution in [2.24, 2.45) is 0 Å². The first-order chi connectivity index (χ1) is 14.1. The number of thiazole rings is 1. The van der Waals surface area contributed by atoms with Crippen LogP contribution in [0.15, 0.2) is 42.6 Å². The second kappa shape index (κ2) is 8.75. The van der Waals surface area contributed by atoms with Crippen molar-refractivity contribution in [3.63, 3.8) is 0 Å². The lowest BCUT2D eigenvalue weighted by atomic mass is 10.2. The molecule has 1 aromatic carbocycles. The summed E-state index contributed by atoms with van der Waals surface area (Å²) in [5.41, 5.74) is 1.43. The van der Waals surface area contributed by atoms with E-state index in [0.717, 1.165) is 28.6 Å². The van der Waals surface area contributed by atoms with Crippen LogP contribution >= 0.6 is 22.9 Å². The molecule has 4 rings (SSSR count). The van der Waals surface area contributed by atoms with E-state index < -0.39 is 0 Å². The second-order valence-electron chi connectivity index (χ2n) is 6.70. The molecule has 1 aliphatic heterocycles. The number of nitrogens with one attached hydrogen (secondary N) is 1. The standard InChI is InChI=1S/C20H20ClN5O2S/c21-15-5-3-14(4-6-15)18(28)22-9-7-17(27)25-10-12-26(13-11-25)20-24-16-2-1-8-23-19(16)29-20/h1-6,8H,7,9-13H2,(H,22,28). The van der Waals surface area contributed by atoms with Crippen LogP contribution < -0.4 is 10.2 Å². The first-order valence-electron chi connectivity index (χ1n) is 9.38. The van der Waals surface area contributed by atoms with Crippen LogP contribution in [0.2, 0.25) is 5.02 Å². The predicted octanol–water partition coefficient (Wildman–Crippen LogP) is 2.81. The minimum atomic E-state index is -0.205. The first-order valence-corrected chi connectivity index (χ1v) is 10.6. The van der Waals surface area contributed by atoms with Crippen LogP contribution in [-0.4, -0.2) is 59.4 Å². The van der Waals surface area contributed by atoms with Crippen molar-refractivity contribution >= 4 is 50.2 Å². The number of fused-ring (bicyclic) bond motifs is 1. The average molecular weight is 430 g/mol. The Balaban J connectivity index is 1.23. The van der Waals surface area contributed by atoms with Crippen molar-refractivity contribution < 1.29 is 9.59 Å². The van der Waals surface area contributed by atoms with Gasteiger partial charge in [-0.15, -0.1) is 0 Å². The second-order valence-corrected chi connectivity index (χ2v) is 8.10. The molecule has 0 bridgehead atoms. The highest BCUT2D eigenvalue weighted by Gasteiger charge is 2.23. The smallest absolute Gasteiger partial charge is 0.251 e. The molecule has 0 radical (unpaired) electrons. The number of halogens is 1. The molecule has 0 saturated carbocycles.